The van der Waals surface area contributed by atoms with Crippen molar-refractivity contribution in [2.75, 3.05) is 13.2 Å². The Morgan fingerprint density at radius 1 is 1.37 bits per heavy atom. The summed E-state index contributed by atoms with van der Waals surface area (Å²) in [6.45, 7) is 3.93. The second kappa shape index (κ2) is 7.71. The predicted octanol–water partition coefficient (Wildman–Crippen LogP) is 2.38. The number of carbonyl (C=O) groups is 1. The number of aromatic nitrogens is 4. The van der Waals surface area contributed by atoms with Crippen LogP contribution >= 0.6 is 0 Å². The third kappa shape index (κ3) is 3.75. The lowest BCUT2D eigenvalue weighted by Crippen LogP contribution is -2.41. The molecule has 0 unspecified atom stereocenters. The number of fused-ring (bicyclic) bond motifs is 1. The molecule has 8 heteroatoms. The number of amides is 1. The number of oxazole rings is 1. The zero-order valence-corrected chi connectivity index (χ0v) is 15.1. The van der Waals surface area contributed by atoms with Crippen LogP contribution in [-0.2, 0) is 17.9 Å². The van der Waals surface area contributed by atoms with E-state index in [0.717, 1.165) is 17.7 Å². The number of aryl methyl sites for hydroxylation is 1. The van der Waals surface area contributed by atoms with Gasteiger partial charge in [-0.05, 0) is 31.0 Å². The van der Waals surface area contributed by atoms with Crippen LogP contribution in [0.25, 0.3) is 0 Å². The molecule has 4 rings (SSSR count). The Morgan fingerprint density at radius 3 is 3.07 bits per heavy atom. The Balaban J connectivity index is 1.40. The van der Waals surface area contributed by atoms with E-state index in [9.17, 15) is 4.79 Å². The van der Waals surface area contributed by atoms with Gasteiger partial charge in [0.2, 0.25) is 5.76 Å². The van der Waals surface area contributed by atoms with E-state index in [-0.39, 0.29) is 11.9 Å². The van der Waals surface area contributed by atoms with Crippen molar-refractivity contribution in [1.82, 2.24) is 24.6 Å². The zero-order chi connectivity index (χ0) is 18.6. The van der Waals surface area contributed by atoms with Crippen molar-refractivity contribution in [3.8, 4) is 0 Å². The van der Waals surface area contributed by atoms with Crippen LogP contribution in [-0.4, -0.2) is 43.7 Å². The summed E-state index contributed by atoms with van der Waals surface area (Å²) < 4.78 is 13.1. The highest BCUT2D eigenvalue weighted by Crippen LogP contribution is 2.25. The lowest BCUT2D eigenvalue weighted by Gasteiger charge is -2.33. The number of nitrogens with zero attached hydrogens (tertiary/aromatic N) is 5. The molecule has 0 saturated heterocycles. The lowest BCUT2D eigenvalue weighted by molar-refractivity contribution is 0.0576. The maximum atomic E-state index is 12.8. The van der Waals surface area contributed by atoms with Crippen molar-refractivity contribution >= 4 is 5.91 Å². The number of hydrogen-bond donors (Lipinski definition) is 0. The average molecular weight is 367 g/mol. The van der Waals surface area contributed by atoms with Crippen molar-refractivity contribution in [3.05, 3.63) is 65.9 Å². The van der Waals surface area contributed by atoms with Gasteiger partial charge in [0.25, 0.3) is 5.91 Å². The summed E-state index contributed by atoms with van der Waals surface area (Å²) in [6.07, 6.45) is 7.38. The number of pyridine rings is 1. The third-order valence-corrected chi connectivity index (χ3v) is 4.70. The molecule has 140 valence electrons. The van der Waals surface area contributed by atoms with Gasteiger partial charge < -0.3 is 14.1 Å². The number of hydrogen-bond acceptors (Lipinski definition) is 6. The first-order valence-corrected chi connectivity index (χ1v) is 8.91. The summed E-state index contributed by atoms with van der Waals surface area (Å²) in [4.78, 5) is 22.7. The van der Waals surface area contributed by atoms with Gasteiger partial charge in [0, 0.05) is 31.7 Å². The average Bonchev–Trinajstić information content (AvgIpc) is 3.34. The van der Waals surface area contributed by atoms with E-state index < -0.39 is 0 Å². The SMILES string of the molecule is Cc1ncoc1C(=O)N1Cc2ccnn2[C@@H](CCOCc2cccnc2)C1. The number of carbonyl (C=O) groups excluding carboxylic acids is 1. The molecule has 1 amide bonds. The Labute approximate surface area is 156 Å². The fraction of sp³-hybridized carbons (Fsp3) is 0.368. The first kappa shape index (κ1) is 17.4. The molecule has 0 N–H and O–H groups in total. The molecule has 1 atom stereocenters. The van der Waals surface area contributed by atoms with Crippen LogP contribution < -0.4 is 0 Å². The van der Waals surface area contributed by atoms with Crippen molar-refractivity contribution in [2.45, 2.75) is 32.5 Å². The highest BCUT2D eigenvalue weighted by molar-refractivity contribution is 5.92. The van der Waals surface area contributed by atoms with Crippen LogP contribution in [0, 0.1) is 6.92 Å². The molecule has 3 aromatic rings. The highest BCUT2D eigenvalue weighted by Gasteiger charge is 2.31. The number of rotatable bonds is 6. The van der Waals surface area contributed by atoms with Gasteiger partial charge >= 0.3 is 0 Å². The van der Waals surface area contributed by atoms with Crippen LogP contribution in [0.2, 0.25) is 0 Å². The molecule has 8 nitrogen and oxygen atoms in total. The molecule has 0 fully saturated rings. The van der Waals surface area contributed by atoms with Crippen LogP contribution in [0.15, 0.2) is 47.6 Å². The fourth-order valence-corrected chi connectivity index (χ4v) is 3.30. The normalized spacial score (nSPS) is 16.3. The van der Waals surface area contributed by atoms with E-state index >= 15 is 0 Å². The quantitative estimate of drug-likeness (QED) is 0.622. The van der Waals surface area contributed by atoms with E-state index in [1.165, 1.54) is 6.39 Å². The molecule has 1 aliphatic heterocycles. The Hall–Kier alpha value is -3.00. The molecule has 3 aromatic heterocycles. The molecule has 1 aliphatic rings. The van der Waals surface area contributed by atoms with Crippen LogP contribution in [0.5, 0.6) is 0 Å². The predicted molar refractivity (Wildman–Crippen MR) is 95.8 cm³/mol. The van der Waals surface area contributed by atoms with Crippen LogP contribution in [0.3, 0.4) is 0 Å². The smallest absolute Gasteiger partial charge is 0.291 e. The monoisotopic (exact) mass is 367 g/mol. The molecule has 0 spiro atoms. The molecule has 0 aliphatic carbocycles. The molecular formula is C19H21N5O3. The largest absolute Gasteiger partial charge is 0.438 e. The second-order valence-electron chi connectivity index (χ2n) is 6.58. The van der Waals surface area contributed by atoms with E-state index in [2.05, 4.69) is 15.1 Å². The van der Waals surface area contributed by atoms with Gasteiger partial charge in [0.15, 0.2) is 6.39 Å². The maximum Gasteiger partial charge on any atom is 0.291 e. The molecular weight excluding hydrogens is 346 g/mol. The van der Waals surface area contributed by atoms with Crippen LogP contribution in [0.1, 0.15) is 40.0 Å². The lowest BCUT2D eigenvalue weighted by atomic mass is 10.1. The summed E-state index contributed by atoms with van der Waals surface area (Å²) in [6, 6.07) is 5.88. The topological polar surface area (TPSA) is 86.3 Å². The van der Waals surface area contributed by atoms with Gasteiger partial charge in [-0.1, -0.05) is 6.07 Å². The van der Waals surface area contributed by atoms with Crippen molar-refractivity contribution < 1.29 is 13.9 Å². The Morgan fingerprint density at radius 2 is 2.30 bits per heavy atom. The molecule has 0 radical (unpaired) electrons. The maximum absolute atomic E-state index is 12.8. The fourth-order valence-electron chi connectivity index (χ4n) is 3.30. The summed E-state index contributed by atoms with van der Waals surface area (Å²) in [7, 11) is 0. The van der Waals surface area contributed by atoms with Crippen molar-refractivity contribution in [2.24, 2.45) is 0 Å². The van der Waals surface area contributed by atoms with Crippen molar-refractivity contribution in [1.29, 1.82) is 0 Å². The summed E-state index contributed by atoms with van der Waals surface area (Å²) in [5.41, 5.74) is 2.65. The van der Waals surface area contributed by atoms with Gasteiger partial charge in [0.1, 0.15) is 0 Å². The summed E-state index contributed by atoms with van der Waals surface area (Å²) >= 11 is 0. The van der Waals surface area contributed by atoms with E-state index in [0.29, 0.717) is 37.8 Å². The molecule has 0 bridgehead atoms. The van der Waals surface area contributed by atoms with E-state index in [1.54, 1.807) is 30.4 Å². The number of ether oxygens (including phenoxy) is 1. The molecule has 4 heterocycles. The minimum absolute atomic E-state index is 0.0600. The summed E-state index contributed by atoms with van der Waals surface area (Å²) in [5.74, 6) is 0.160. The Kier molecular flexibility index (Phi) is 4.97. The van der Waals surface area contributed by atoms with Gasteiger partial charge in [-0.15, -0.1) is 0 Å². The minimum atomic E-state index is -0.140. The first-order chi connectivity index (χ1) is 13.2. The van der Waals surface area contributed by atoms with Gasteiger partial charge in [0.05, 0.1) is 30.6 Å². The van der Waals surface area contributed by atoms with Gasteiger partial charge in [-0.25, -0.2) is 4.98 Å². The van der Waals surface area contributed by atoms with E-state index in [1.807, 2.05) is 22.9 Å². The molecule has 0 aromatic carbocycles. The van der Waals surface area contributed by atoms with Crippen LogP contribution in [0.4, 0.5) is 0 Å². The first-order valence-electron chi connectivity index (χ1n) is 8.91. The van der Waals surface area contributed by atoms with Gasteiger partial charge in [-0.3, -0.25) is 14.5 Å². The molecule has 27 heavy (non-hydrogen) atoms. The zero-order valence-electron chi connectivity index (χ0n) is 15.1. The Bertz CT molecular complexity index is 905. The summed E-state index contributed by atoms with van der Waals surface area (Å²) in [5, 5.41) is 4.43. The highest BCUT2D eigenvalue weighted by atomic mass is 16.5. The van der Waals surface area contributed by atoms with E-state index in [4.69, 9.17) is 9.15 Å². The standard InChI is InChI=1S/C19H21N5O3/c1-14-18(27-13-21-14)19(25)23-10-16-4-7-22-24(16)17(11-23)5-8-26-12-15-3-2-6-20-9-15/h2-4,6-7,9,13,17H,5,8,10-12H2,1H3/t17-/m0/s1. The molecule has 0 saturated carbocycles. The third-order valence-electron chi connectivity index (χ3n) is 4.70. The van der Waals surface area contributed by atoms with Crippen molar-refractivity contribution in [3.63, 3.8) is 0 Å². The second-order valence-corrected chi connectivity index (χ2v) is 6.58. The minimum Gasteiger partial charge on any atom is -0.438 e. The van der Waals surface area contributed by atoms with Gasteiger partial charge in [-0.2, -0.15) is 5.10 Å².